The van der Waals surface area contributed by atoms with Crippen molar-refractivity contribution in [3.05, 3.63) is 58.1 Å². The van der Waals surface area contributed by atoms with Gasteiger partial charge in [0.1, 0.15) is 10.3 Å². The van der Waals surface area contributed by atoms with Gasteiger partial charge < -0.3 is 0 Å². The lowest BCUT2D eigenvalue weighted by Crippen LogP contribution is -2.02. The normalized spacial score (nSPS) is 11.6. The summed E-state index contributed by atoms with van der Waals surface area (Å²) in [4.78, 5) is 7.63. The predicted octanol–water partition coefficient (Wildman–Crippen LogP) is 7.12. The van der Waals surface area contributed by atoms with Crippen molar-refractivity contribution in [1.82, 2.24) is 9.97 Å². The molecule has 2 nitrogen and oxygen atoms in total. The molecule has 0 aliphatic rings. The van der Waals surface area contributed by atoms with Crippen molar-refractivity contribution >= 4 is 92.8 Å². The van der Waals surface area contributed by atoms with Crippen molar-refractivity contribution < 1.29 is 0 Å². The Kier molecular flexibility index (Phi) is 8.11. The summed E-state index contributed by atoms with van der Waals surface area (Å²) in [5, 5.41) is 0.627. The molecule has 0 unspecified atom stereocenters. The maximum Gasteiger partial charge on any atom is 0.232 e. The Bertz CT molecular complexity index is 566. The fourth-order valence-corrected chi connectivity index (χ4v) is 2.09. The van der Waals surface area contributed by atoms with Crippen LogP contribution in [0.15, 0.2) is 36.4 Å². The van der Waals surface area contributed by atoms with Gasteiger partial charge in [0.25, 0.3) is 0 Å². The number of pyridine rings is 2. The Morgan fingerprint density at radius 1 is 0.591 bits per heavy atom. The summed E-state index contributed by atoms with van der Waals surface area (Å²) >= 11 is 44.4. The highest BCUT2D eigenvalue weighted by atomic mass is 35.6. The molecular formula is C12H6Cl8N2. The van der Waals surface area contributed by atoms with E-state index in [1.807, 2.05) is 0 Å². The largest absolute Gasteiger partial charge is 0.237 e. The molecule has 2 heterocycles. The average molecular weight is 462 g/mol. The van der Waals surface area contributed by atoms with Gasteiger partial charge in [0.2, 0.25) is 7.59 Å². The van der Waals surface area contributed by atoms with E-state index in [4.69, 9.17) is 92.8 Å². The SMILES string of the molecule is Clc1cccc(C(Cl)(Cl)Cl)n1.Clc1cccc(C(Cl)(Cl)Cl)n1. The van der Waals surface area contributed by atoms with Crippen LogP contribution in [0.2, 0.25) is 10.3 Å². The van der Waals surface area contributed by atoms with Gasteiger partial charge in [-0.2, -0.15) is 0 Å². The maximum atomic E-state index is 5.56. The smallest absolute Gasteiger partial charge is 0.232 e. The van der Waals surface area contributed by atoms with Crippen molar-refractivity contribution in [3.63, 3.8) is 0 Å². The first-order valence-electron chi connectivity index (χ1n) is 5.39. The summed E-state index contributed by atoms with van der Waals surface area (Å²) in [5.74, 6) is 0. The molecule has 0 aliphatic carbocycles. The van der Waals surface area contributed by atoms with Crippen molar-refractivity contribution in [2.75, 3.05) is 0 Å². The molecular weight excluding hydrogens is 456 g/mol. The van der Waals surface area contributed by atoms with Crippen LogP contribution in [0, 0.1) is 0 Å². The third-order valence-corrected chi connectivity index (χ3v) is 3.59. The Balaban J connectivity index is 0.000000220. The zero-order valence-electron chi connectivity index (χ0n) is 10.4. The van der Waals surface area contributed by atoms with E-state index in [0.717, 1.165) is 0 Å². The molecule has 22 heavy (non-hydrogen) atoms. The van der Waals surface area contributed by atoms with Crippen molar-refractivity contribution in [1.29, 1.82) is 0 Å². The lowest BCUT2D eigenvalue weighted by Gasteiger charge is -2.08. The number of hydrogen-bond acceptors (Lipinski definition) is 2. The van der Waals surface area contributed by atoms with E-state index >= 15 is 0 Å². The van der Waals surface area contributed by atoms with E-state index < -0.39 is 7.59 Å². The van der Waals surface area contributed by atoms with Gasteiger partial charge in [-0.1, -0.05) is 105 Å². The Morgan fingerprint density at radius 3 is 1.09 bits per heavy atom. The molecule has 0 amide bonds. The maximum absolute atomic E-state index is 5.56. The van der Waals surface area contributed by atoms with Crippen LogP contribution in [-0.2, 0) is 7.59 Å². The topological polar surface area (TPSA) is 25.8 Å². The summed E-state index contributed by atoms with van der Waals surface area (Å²) in [7, 11) is 0. The first-order valence-corrected chi connectivity index (χ1v) is 8.42. The van der Waals surface area contributed by atoms with E-state index in [0.29, 0.717) is 21.7 Å². The van der Waals surface area contributed by atoms with Crippen LogP contribution >= 0.6 is 92.8 Å². The zero-order valence-corrected chi connectivity index (χ0v) is 16.4. The van der Waals surface area contributed by atoms with Crippen LogP contribution in [0.5, 0.6) is 0 Å². The summed E-state index contributed by atoms with van der Waals surface area (Å²) in [6.07, 6.45) is 0. The molecule has 2 aromatic heterocycles. The van der Waals surface area contributed by atoms with E-state index in [-0.39, 0.29) is 0 Å². The third kappa shape index (κ3) is 7.46. The molecule has 0 aromatic carbocycles. The second kappa shape index (κ2) is 8.64. The third-order valence-electron chi connectivity index (χ3n) is 2.01. The van der Waals surface area contributed by atoms with E-state index in [1.165, 1.54) is 0 Å². The molecule has 120 valence electrons. The number of aromatic nitrogens is 2. The van der Waals surface area contributed by atoms with Gasteiger partial charge in [0.15, 0.2) is 0 Å². The molecule has 2 rings (SSSR count). The first-order chi connectivity index (χ1) is 10.00. The number of alkyl halides is 6. The molecule has 0 spiro atoms. The van der Waals surface area contributed by atoms with Crippen LogP contribution in [0.1, 0.15) is 11.4 Å². The van der Waals surface area contributed by atoms with E-state index in [2.05, 4.69) is 9.97 Å². The average Bonchev–Trinajstić information content (AvgIpc) is 2.37. The van der Waals surface area contributed by atoms with Gasteiger partial charge in [-0.25, -0.2) is 9.97 Å². The number of halogens is 8. The highest BCUT2D eigenvalue weighted by molar-refractivity contribution is 6.67. The highest BCUT2D eigenvalue weighted by Gasteiger charge is 2.24. The quantitative estimate of drug-likeness (QED) is 0.308. The Labute approximate surface area is 167 Å². The first kappa shape index (κ1) is 20.7. The number of nitrogens with zero attached hydrogens (tertiary/aromatic N) is 2. The summed E-state index contributed by atoms with van der Waals surface area (Å²) in [6, 6.07) is 9.76. The minimum atomic E-state index is -1.50. The van der Waals surface area contributed by atoms with Crippen LogP contribution in [0.3, 0.4) is 0 Å². The Morgan fingerprint density at radius 2 is 0.909 bits per heavy atom. The monoisotopic (exact) mass is 458 g/mol. The number of hydrogen-bond donors (Lipinski definition) is 0. The minimum Gasteiger partial charge on any atom is -0.237 e. The standard InChI is InChI=1S/2C6H3Cl4N/c2*7-5-3-1-2-4(11-5)6(8,9)10/h2*1-3H. The van der Waals surface area contributed by atoms with Crippen LogP contribution in [0.4, 0.5) is 0 Å². The lowest BCUT2D eigenvalue weighted by atomic mass is 10.4. The van der Waals surface area contributed by atoms with Gasteiger partial charge in [0, 0.05) is 0 Å². The molecule has 0 aliphatic heterocycles. The van der Waals surface area contributed by atoms with Gasteiger partial charge in [-0.05, 0) is 24.3 Å². The second-order valence-corrected chi connectivity index (χ2v) is 9.02. The van der Waals surface area contributed by atoms with E-state index in [9.17, 15) is 0 Å². The van der Waals surface area contributed by atoms with Crippen LogP contribution in [-0.4, -0.2) is 9.97 Å². The van der Waals surface area contributed by atoms with Gasteiger partial charge in [-0.15, -0.1) is 0 Å². The van der Waals surface area contributed by atoms with E-state index in [1.54, 1.807) is 36.4 Å². The fraction of sp³-hybridized carbons (Fsp3) is 0.167. The van der Waals surface area contributed by atoms with Gasteiger partial charge >= 0.3 is 0 Å². The molecule has 2 aromatic rings. The van der Waals surface area contributed by atoms with Crippen molar-refractivity contribution in [2.45, 2.75) is 7.59 Å². The molecule has 0 fully saturated rings. The molecule has 0 atom stereocenters. The second-order valence-electron chi connectivity index (χ2n) is 3.69. The predicted molar refractivity (Wildman–Crippen MR) is 97.0 cm³/mol. The fourth-order valence-electron chi connectivity index (χ4n) is 1.13. The van der Waals surface area contributed by atoms with Crippen LogP contribution < -0.4 is 0 Å². The van der Waals surface area contributed by atoms with Crippen molar-refractivity contribution in [2.24, 2.45) is 0 Å². The van der Waals surface area contributed by atoms with Gasteiger partial charge in [-0.3, -0.25) is 0 Å². The van der Waals surface area contributed by atoms with Crippen molar-refractivity contribution in [3.8, 4) is 0 Å². The molecule has 0 radical (unpaired) electrons. The number of rotatable bonds is 0. The van der Waals surface area contributed by atoms with Crippen LogP contribution in [0.25, 0.3) is 0 Å². The molecule has 0 saturated carbocycles. The summed E-state index contributed by atoms with van der Waals surface area (Å²) in [5.41, 5.74) is 0.657. The molecule has 0 bridgehead atoms. The lowest BCUT2D eigenvalue weighted by molar-refractivity contribution is 1.09. The minimum absolute atomic E-state index is 0.314. The Hall–Kier alpha value is 0.620. The molecule has 10 heteroatoms. The molecule has 0 saturated heterocycles. The van der Waals surface area contributed by atoms with Gasteiger partial charge in [0.05, 0.1) is 11.4 Å². The summed E-state index contributed by atoms with van der Waals surface area (Å²) in [6.45, 7) is 0. The highest BCUT2D eigenvalue weighted by Crippen LogP contribution is 2.37. The molecule has 0 N–H and O–H groups in total. The zero-order chi connectivity index (χ0) is 17.0. The summed E-state index contributed by atoms with van der Waals surface area (Å²) < 4.78 is -2.99.